The van der Waals surface area contributed by atoms with Crippen LogP contribution in [0.1, 0.15) is 30.6 Å². The van der Waals surface area contributed by atoms with Gasteiger partial charge < -0.3 is 20.3 Å². The van der Waals surface area contributed by atoms with Crippen molar-refractivity contribution in [1.82, 2.24) is 25.3 Å². The van der Waals surface area contributed by atoms with Crippen LogP contribution in [-0.2, 0) is 4.74 Å². The number of carbonyl (C=O) groups is 3. The molecular weight excluding hydrogens is 474 g/mol. The molecule has 2 heterocycles. The Morgan fingerprint density at radius 1 is 1.14 bits per heavy atom. The molecule has 0 saturated carbocycles. The van der Waals surface area contributed by atoms with Crippen molar-refractivity contribution in [2.45, 2.75) is 20.3 Å². The number of ether oxygens (including phenoxy) is 1. The van der Waals surface area contributed by atoms with Crippen molar-refractivity contribution in [2.75, 3.05) is 83.6 Å². The molecule has 202 valence electrons. The number of carbonyl (C=O) groups excluding carboxylic acids is 3. The molecule has 2 N–H and O–H groups in total. The molecule has 0 bridgehead atoms. The van der Waals surface area contributed by atoms with Gasteiger partial charge in [-0.3, -0.25) is 19.5 Å². The van der Waals surface area contributed by atoms with E-state index in [9.17, 15) is 14.4 Å². The fourth-order valence-electron chi connectivity index (χ4n) is 4.28. The molecule has 0 radical (unpaired) electrons. The van der Waals surface area contributed by atoms with Crippen molar-refractivity contribution in [2.24, 2.45) is 5.92 Å². The van der Waals surface area contributed by atoms with Gasteiger partial charge in [-0.15, -0.1) is 0 Å². The number of piperazine rings is 1. The lowest BCUT2D eigenvalue weighted by atomic mass is 10.1. The van der Waals surface area contributed by atoms with Gasteiger partial charge in [0.15, 0.2) is 0 Å². The van der Waals surface area contributed by atoms with Gasteiger partial charge in [0, 0.05) is 70.2 Å². The highest BCUT2D eigenvalue weighted by molar-refractivity contribution is 6.05. The molecule has 0 spiro atoms. The molecule has 1 aromatic rings. The minimum absolute atomic E-state index is 0.0946. The van der Waals surface area contributed by atoms with Gasteiger partial charge >= 0.3 is 12.1 Å². The third kappa shape index (κ3) is 8.42. The molecule has 11 heteroatoms. The van der Waals surface area contributed by atoms with Gasteiger partial charge in [-0.05, 0) is 30.5 Å². The van der Waals surface area contributed by atoms with Crippen molar-refractivity contribution in [3.8, 4) is 6.07 Å². The van der Waals surface area contributed by atoms with Crippen LogP contribution >= 0.6 is 0 Å². The second-order valence-electron chi connectivity index (χ2n) is 9.63. The molecule has 0 aromatic heterocycles. The third-order valence-electron chi connectivity index (χ3n) is 6.51. The maximum atomic E-state index is 13.6. The van der Waals surface area contributed by atoms with Crippen LogP contribution < -0.4 is 15.5 Å². The average Bonchev–Trinajstić information content (AvgIpc) is 2.93. The van der Waals surface area contributed by atoms with Crippen LogP contribution in [-0.4, -0.2) is 111 Å². The number of amides is 5. The van der Waals surface area contributed by atoms with E-state index in [1.165, 1.54) is 0 Å². The lowest BCUT2D eigenvalue weighted by Crippen LogP contribution is -2.53. The smallest absolute Gasteiger partial charge is 0.325 e. The highest BCUT2D eigenvalue weighted by Crippen LogP contribution is 2.20. The summed E-state index contributed by atoms with van der Waals surface area (Å²) >= 11 is 0. The van der Waals surface area contributed by atoms with E-state index in [4.69, 9.17) is 10.00 Å². The Morgan fingerprint density at radius 3 is 2.54 bits per heavy atom. The summed E-state index contributed by atoms with van der Waals surface area (Å²) in [5.74, 6) is -0.168. The first kappa shape index (κ1) is 28.4. The number of rotatable bonds is 9. The lowest BCUT2D eigenvalue weighted by Gasteiger charge is -2.35. The molecule has 0 unspecified atom stereocenters. The van der Waals surface area contributed by atoms with E-state index in [-0.39, 0.29) is 25.0 Å². The summed E-state index contributed by atoms with van der Waals surface area (Å²) in [5, 5.41) is 14.6. The van der Waals surface area contributed by atoms with E-state index < -0.39 is 11.9 Å². The molecule has 1 aromatic carbocycles. The highest BCUT2D eigenvalue weighted by Gasteiger charge is 2.27. The number of nitrogens with zero attached hydrogens (tertiary/aromatic N) is 5. The normalized spacial score (nSPS) is 16.2. The van der Waals surface area contributed by atoms with E-state index in [2.05, 4.69) is 15.5 Å². The fraction of sp³-hybridized carbons (Fsp3) is 0.615. The predicted octanol–water partition coefficient (Wildman–Crippen LogP) is 1.57. The van der Waals surface area contributed by atoms with Crippen molar-refractivity contribution in [1.29, 1.82) is 5.26 Å². The van der Waals surface area contributed by atoms with Gasteiger partial charge in [-0.2, -0.15) is 5.26 Å². The zero-order valence-corrected chi connectivity index (χ0v) is 21.9. The number of hydrogen-bond donors (Lipinski definition) is 2. The van der Waals surface area contributed by atoms with E-state index in [1.54, 1.807) is 23.1 Å². The van der Waals surface area contributed by atoms with E-state index >= 15 is 0 Å². The summed E-state index contributed by atoms with van der Waals surface area (Å²) in [6.45, 7) is 11.0. The second-order valence-corrected chi connectivity index (χ2v) is 9.63. The van der Waals surface area contributed by atoms with Crippen molar-refractivity contribution >= 4 is 23.7 Å². The molecule has 2 saturated heterocycles. The Kier molecular flexibility index (Phi) is 11.1. The minimum atomic E-state index is -0.598. The first-order chi connectivity index (χ1) is 17.9. The third-order valence-corrected chi connectivity index (χ3v) is 6.51. The molecule has 0 atom stereocenters. The number of hydrogen-bond acceptors (Lipinski definition) is 7. The fourth-order valence-corrected chi connectivity index (χ4v) is 4.28. The topological polar surface area (TPSA) is 121 Å². The van der Waals surface area contributed by atoms with Crippen LogP contribution in [0.25, 0.3) is 0 Å². The van der Waals surface area contributed by atoms with E-state index in [1.807, 2.05) is 30.9 Å². The van der Waals surface area contributed by atoms with Crippen molar-refractivity contribution in [3.63, 3.8) is 0 Å². The summed E-state index contributed by atoms with van der Waals surface area (Å²) in [5.41, 5.74) is 0.932. The number of benzene rings is 1. The standard InChI is InChI=1S/C26H39N7O4/c1-21(2)6-11-33(25(35)29-8-7-27)24(34)22-4-3-5-23(20-22)32(15-14-30-16-18-37-19-17-30)26(36)31-12-9-28-10-13-31/h3-5,20-21,28H,6,8-19H2,1-2H3,(H,29,35). The zero-order valence-electron chi connectivity index (χ0n) is 21.9. The number of nitrogens with one attached hydrogen (secondary N) is 2. The van der Waals surface area contributed by atoms with E-state index in [0.717, 1.165) is 31.1 Å². The SMILES string of the molecule is CC(C)CCN(C(=O)NCC#N)C(=O)c1cccc(N(CCN2CCOCC2)C(=O)N2CCNCC2)c1. The van der Waals surface area contributed by atoms with Crippen molar-refractivity contribution in [3.05, 3.63) is 29.8 Å². The molecule has 0 aliphatic carbocycles. The minimum Gasteiger partial charge on any atom is -0.379 e. The van der Waals surface area contributed by atoms with Gasteiger partial charge in [0.1, 0.15) is 6.54 Å². The summed E-state index contributed by atoms with van der Waals surface area (Å²) in [7, 11) is 0. The highest BCUT2D eigenvalue weighted by atomic mass is 16.5. The maximum Gasteiger partial charge on any atom is 0.325 e. The predicted molar refractivity (Wildman–Crippen MR) is 140 cm³/mol. The largest absolute Gasteiger partial charge is 0.379 e. The Labute approximate surface area is 219 Å². The lowest BCUT2D eigenvalue weighted by molar-refractivity contribution is 0.0392. The Hall–Kier alpha value is -3.20. The van der Waals surface area contributed by atoms with Gasteiger partial charge in [-0.25, -0.2) is 9.59 Å². The van der Waals surface area contributed by atoms with Crippen LogP contribution in [0.3, 0.4) is 0 Å². The first-order valence-electron chi connectivity index (χ1n) is 13.0. The van der Waals surface area contributed by atoms with Gasteiger partial charge in [-0.1, -0.05) is 19.9 Å². The van der Waals surface area contributed by atoms with E-state index in [0.29, 0.717) is 57.1 Å². The average molecular weight is 514 g/mol. The summed E-state index contributed by atoms with van der Waals surface area (Å²) in [6, 6.07) is 8.08. The Balaban J connectivity index is 1.83. The van der Waals surface area contributed by atoms with Gasteiger partial charge in [0.2, 0.25) is 0 Å². The summed E-state index contributed by atoms with van der Waals surface area (Å²) in [6.07, 6.45) is 0.637. The first-order valence-corrected chi connectivity index (χ1v) is 13.0. The quantitative estimate of drug-likeness (QED) is 0.481. The van der Waals surface area contributed by atoms with Crippen LogP contribution in [0.15, 0.2) is 24.3 Å². The molecule has 2 aliphatic heterocycles. The number of morpholine rings is 1. The number of urea groups is 2. The molecule has 3 rings (SSSR count). The monoisotopic (exact) mass is 513 g/mol. The molecule has 5 amide bonds. The van der Waals surface area contributed by atoms with Crippen LogP contribution in [0, 0.1) is 17.2 Å². The van der Waals surface area contributed by atoms with Crippen LogP contribution in [0.4, 0.5) is 15.3 Å². The summed E-state index contributed by atoms with van der Waals surface area (Å²) in [4.78, 5) is 46.7. The summed E-state index contributed by atoms with van der Waals surface area (Å²) < 4.78 is 5.45. The number of anilines is 1. The molecular formula is C26H39N7O4. The molecule has 11 nitrogen and oxygen atoms in total. The maximum absolute atomic E-state index is 13.6. The van der Waals surface area contributed by atoms with Gasteiger partial charge in [0.25, 0.3) is 5.91 Å². The number of nitriles is 1. The molecule has 2 aliphatic rings. The Morgan fingerprint density at radius 2 is 1.86 bits per heavy atom. The number of imide groups is 1. The zero-order chi connectivity index (χ0) is 26.6. The van der Waals surface area contributed by atoms with Crippen molar-refractivity contribution < 1.29 is 19.1 Å². The molecule has 37 heavy (non-hydrogen) atoms. The Bertz CT molecular complexity index is 952. The van der Waals surface area contributed by atoms with Gasteiger partial charge in [0.05, 0.1) is 19.3 Å². The van der Waals surface area contributed by atoms with Crippen LogP contribution in [0.2, 0.25) is 0 Å². The molecule has 2 fully saturated rings. The van der Waals surface area contributed by atoms with Crippen LogP contribution in [0.5, 0.6) is 0 Å². The second kappa shape index (κ2) is 14.5.